The van der Waals surface area contributed by atoms with E-state index >= 15 is 0 Å². The first-order chi connectivity index (χ1) is 6.83. The highest BCUT2D eigenvalue weighted by Gasteiger charge is 2.16. The lowest BCUT2D eigenvalue weighted by Crippen LogP contribution is -2.39. The Balaban J connectivity index is 2.09. The van der Waals surface area contributed by atoms with Crippen LogP contribution in [0.1, 0.15) is 25.7 Å². The smallest absolute Gasteiger partial charge is 0.135 e. The monoisotopic (exact) mass is 197 g/mol. The number of unbranched alkanes of at least 4 members (excludes halogenated alkanes) is 1. The van der Waals surface area contributed by atoms with Crippen molar-refractivity contribution in [2.45, 2.75) is 31.8 Å². The molecule has 0 amide bonds. The second-order valence-electron chi connectivity index (χ2n) is 3.62. The fourth-order valence-electron chi connectivity index (χ4n) is 1.55. The highest BCUT2D eigenvalue weighted by atomic mass is 16.5. The Morgan fingerprint density at radius 3 is 3.14 bits per heavy atom. The minimum Gasteiger partial charge on any atom is -0.375 e. The molecule has 1 heterocycles. The maximum Gasteiger partial charge on any atom is 0.135 e. The third-order valence-corrected chi connectivity index (χ3v) is 2.32. The molecule has 3 heteroatoms. The number of rotatable bonds is 6. The van der Waals surface area contributed by atoms with Crippen molar-refractivity contribution in [2.24, 2.45) is 0 Å². The Labute approximate surface area is 85.5 Å². The van der Waals surface area contributed by atoms with Gasteiger partial charge in [-0.25, -0.2) is 0 Å². The molecule has 1 aliphatic heterocycles. The molecule has 3 nitrogen and oxygen atoms in total. The summed E-state index contributed by atoms with van der Waals surface area (Å²) >= 11 is 0. The van der Waals surface area contributed by atoms with E-state index in [4.69, 9.17) is 4.74 Å². The summed E-state index contributed by atoms with van der Waals surface area (Å²) in [5, 5.41) is 3.21. The Morgan fingerprint density at radius 2 is 2.50 bits per heavy atom. The average Bonchev–Trinajstić information content (AvgIpc) is 2.20. The number of morpholine rings is 1. The van der Waals surface area contributed by atoms with E-state index in [0.29, 0.717) is 18.6 Å². The first-order valence-corrected chi connectivity index (χ1v) is 5.28. The van der Waals surface area contributed by atoms with E-state index in [9.17, 15) is 4.79 Å². The second kappa shape index (κ2) is 6.74. The summed E-state index contributed by atoms with van der Waals surface area (Å²) in [6, 6.07) is 0. The number of ether oxygens (including phenoxy) is 1. The van der Waals surface area contributed by atoms with E-state index in [1.807, 2.05) is 6.08 Å². The molecule has 0 aromatic rings. The summed E-state index contributed by atoms with van der Waals surface area (Å²) in [4.78, 5) is 11.4. The van der Waals surface area contributed by atoms with E-state index in [0.717, 1.165) is 32.5 Å². The zero-order valence-electron chi connectivity index (χ0n) is 8.63. The summed E-state index contributed by atoms with van der Waals surface area (Å²) in [5.41, 5.74) is 0. The summed E-state index contributed by atoms with van der Waals surface area (Å²) < 4.78 is 5.45. The van der Waals surface area contributed by atoms with Crippen molar-refractivity contribution in [2.75, 3.05) is 19.7 Å². The molecule has 0 aromatic heterocycles. The molecule has 80 valence electrons. The van der Waals surface area contributed by atoms with Crippen LogP contribution in [0.15, 0.2) is 12.7 Å². The Bertz CT molecular complexity index is 186. The molecule has 0 aromatic carbocycles. The van der Waals surface area contributed by atoms with Gasteiger partial charge >= 0.3 is 0 Å². The molecule has 1 saturated heterocycles. The van der Waals surface area contributed by atoms with Gasteiger partial charge in [-0.3, -0.25) is 4.79 Å². The molecule has 1 N–H and O–H groups in total. The molecule has 1 fully saturated rings. The maximum absolute atomic E-state index is 11.4. The van der Waals surface area contributed by atoms with E-state index in [1.165, 1.54) is 0 Å². The number of nitrogens with one attached hydrogen (secondary N) is 1. The highest BCUT2D eigenvalue weighted by Crippen LogP contribution is 2.06. The number of ketones is 1. The van der Waals surface area contributed by atoms with Crippen LogP contribution in [0.3, 0.4) is 0 Å². The predicted octanol–water partition coefficient (Wildman–Crippen LogP) is 1.29. The lowest BCUT2D eigenvalue weighted by molar-refractivity contribution is -0.122. The summed E-state index contributed by atoms with van der Waals surface area (Å²) in [7, 11) is 0. The van der Waals surface area contributed by atoms with Crippen LogP contribution in [0.4, 0.5) is 0 Å². The van der Waals surface area contributed by atoms with E-state index in [-0.39, 0.29) is 6.10 Å². The van der Waals surface area contributed by atoms with E-state index < -0.39 is 0 Å². The Kier molecular flexibility index (Phi) is 5.49. The summed E-state index contributed by atoms with van der Waals surface area (Å²) in [6.07, 6.45) is 5.01. The van der Waals surface area contributed by atoms with Crippen molar-refractivity contribution in [1.82, 2.24) is 5.32 Å². The topological polar surface area (TPSA) is 38.3 Å². The molecular weight excluding hydrogens is 178 g/mol. The molecule has 0 saturated carbocycles. The zero-order chi connectivity index (χ0) is 10.2. The lowest BCUT2D eigenvalue weighted by atomic mass is 10.1. The van der Waals surface area contributed by atoms with Crippen LogP contribution >= 0.6 is 0 Å². The highest BCUT2D eigenvalue weighted by molar-refractivity contribution is 5.78. The van der Waals surface area contributed by atoms with Crippen LogP contribution in [-0.2, 0) is 9.53 Å². The molecule has 1 atom stereocenters. The normalized spacial score (nSPS) is 21.9. The molecule has 1 unspecified atom stereocenters. The van der Waals surface area contributed by atoms with Crippen molar-refractivity contribution in [3.05, 3.63) is 12.7 Å². The van der Waals surface area contributed by atoms with Gasteiger partial charge in [-0.2, -0.15) is 0 Å². The average molecular weight is 197 g/mol. The van der Waals surface area contributed by atoms with Gasteiger partial charge in [0.15, 0.2) is 0 Å². The van der Waals surface area contributed by atoms with Crippen molar-refractivity contribution in [3.8, 4) is 0 Å². The fourth-order valence-corrected chi connectivity index (χ4v) is 1.55. The predicted molar refractivity (Wildman–Crippen MR) is 56.3 cm³/mol. The van der Waals surface area contributed by atoms with Crippen molar-refractivity contribution in [1.29, 1.82) is 0 Å². The molecule has 0 spiro atoms. The molecule has 0 bridgehead atoms. The molecule has 0 aliphatic carbocycles. The van der Waals surface area contributed by atoms with Crippen LogP contribution in [0.2, 0.25) is 0 Å². The first kappa shape index (κ1) is 11.4. The molecule has 1 aliphatic rings. The zero-order valence-corrected chi connectivity index (χ0v) is 8.63. The molecular formula is C11H19NO2. The van der Waals surface area contributed by atoms with Crippen LogP contribution in [-0.4, -0.2) is 31.6 Å². The van der Waals surface area contributed by atoms with Gasteiger partial charge in [0.05, 0.1) is 12.7 Å². The molecule has 1 rings (SSSR count). The second-order valence-corrected chi connectivity index (χ2v) is 3.62. The van der Waals surface area contributed by atoms with Gasteiger partial charge in [0.25, 0.3) is 0 Å². The van der Waals surface area contributed by atoms with Gasteiger partial charge in [-0.15, -0.1) is 6.58 Å². The van der Waals surface area contributed by atoms with Gasteiger partial charge in [0, 0.05) is 25.9 Å². The maximum atomic E-state index is 11.4. The minimum absolute atomic E-state index is 0.0972. The quantitative estimate of drug-likeness (QED) is 0.515. The van der Waals surface area contributed by atoms with Gasteiger partial charge in [0.1, 0.15) is 5.78 Å². The number of Topliss-reactive ketones (excluding diaryl/α,β-unsaturated/α-hetero) is 1. The summed E-state index contributed by atoms with van der Waals surface area (Å²) in [6.45, 7) is 6.07. The van der Waals surface area contributed by atoms with Gasteiger partial charge in [-0.1, -0.05) is 6.08 Å². The third kappa shape index (κ3) is 4.53. The summed E-state index contributed by atoms with van der Waals surface area (Å²) in [5.74, 6) is 0.306. The largest absolute Gasteiger partial charge is 0.375 e. The standard InChI is InChI=1S/C11H19NO2/c1-2-3-4-5-10(13)8-11-9-12-6-7-14-11/h2,11-12H,1,3-9H2. The third-order valence-electron chi connectivity index (χ3n) is 2.32. The van der Waals surface area contributed by atoms with Crippen molar-refractivity contribution in [3.63, 3.8) is 0 Å². The van der Waals surface area contributed by atoms with Crippen LogP contribution < -0.4 is 5.32 Å². The lowest BCUT2D eigenvalue weighted by Gasteiger charge is -2.22. The van der Waals surface area contributed by atoms with E-state index in [2.05, 4.69) is 11.9 Å². The van der Waals surface area contributed by atoms with Gasteiger partial charge in [-0.05, 0) is 12.8 Å². The number of allylic oxidation sites excluding steroid dienone is 1. The molecule has 0 radical (unpaired) electrons. The minimum atomic E-state index is 0.0972. The first-order valence-electron chi connectivity index (χ1n) is 5.28. The fraction of sp³-hybridized carbons (Fsp3) is 0.727. The van der Waals surface area contributed by atoms with Crippen LogP contribution in [0, 0.1) is 0 Å². The Hall–Kier alpha value is -0.670. The van der Waals surface area contributed by atoms with E-state index in [1.54, 1.807) is 0 Å². The SMILES string of the molecule is C=CCCCC(=O)CC1CNCCO1. The molecule has 14 heavy (non-hydrogen) atoms. The van der Waals surface area contributed by atoms with Crippen LogP contribution in [0.25, 0.3) is 0 Å². The van der Waals surface area contributed by atoms with Crippen LogP contribution in [0.5, 0.6) is 0 Å². The van der Waals surface area contributed by atoms with Crippen molar-refractivity contribution < 1.29 is 9.53 Å². The Morgan fingerprint density at radius 1 is 1.64 bits per heavy atom. The number of hydrogen-bond donors (Lipinski definition) is 1. The van der Waals surface area contributed by atoms with Crippen molar-refractivity contribution >= 4 is 5.78 Å². The van der Waals surface area contributed by atoms with Gasteiger partial charge < -0.3 is 10.1 Å². The van der Waals surface area contributed by atoms with Gasteiger partial charge in [0.2, 0.25) is 0 Å². The number of carbonyl (C=O) groups excluding carboxylic acids is 1. The number of carbonyl (C=O) groups is 1. The number of hydrogen-bond acceptors (Lipinski definition) is 3.